The average molecular weight is 242 g/mol. The molecule has 0 aliphatic carbocycles. The number of anilines is 1. The molecule has 0 atom stereocenters. The van der Waals surface area contributed by atoms with Crippen LogP contribution in [-0.2, 0) is 6.54 Å². The smallest absolute Gasteiger partial charge is 0.146 e. The van der Waals surface area contributed by atoms with Crippen LogP contribution in [-0.4, -0.2) is 5.84 Å². The van der Waals surface area contributed by atoms with E-state index in [0.717, 1.165) is 5.56 Å². The molecule has 0 fully saturated rings. The second kappa shape index (κ2) is 5.45. The second-order valence-electron chi connectivity index (χ2n) is 4.11. The van der Waals surface area contributed by atoms with Crippen LogP contribution >= 0.6 is 0 Å². The van der Waals surface area contributed by atoms with Gasteiger partial charge in [-0.3, -0.25) is 5.41 Å². The Balaban J connectivity index is 2.30. The van der Waals surface area contributed by atoms with Gasteiger partial charge in [0.25, 0.3) is 0 Å². The predicted molar refractivity (Wildman–Crippen MR) is 72.4 cm³/mol. The van der Waals surface area contributed by atoms with E-state index in [1.54, 1.807) is 30.0 Å². The number of para-hydroxylation sites is 1. The van der Waals surface area contributed by atoms with Gasteiger partial charge < -0.3 is 4.90 Å². The highest BCUT2D eigenvalue weighted by atomic mass is 19.1. The van der Waals surface area contributed by atoms with E-state index >= 15 is 0 Å². The minimum absolute atomic E-state index is 0.306. The summed E-state index contributed by atoms with van der Waals surface area (Å²) in [5.74, 6) is 0.0176. The monoisotopic (exact) mass is 242 g/mol. The lowest BCUT2D eigenvalue weighted by Gasteiger charge is -2.24. The van der Waals surface area contributed by atoms with Gasteiger partial charge in [0.15, 0.2) is 0 Å². The summed E-state index contributed by atoms with van der Waals surface area (Å²) in [4.78, 5) is 1.66. The van der Waals surface area contributed by atoms with E-state index in [4.69, 9.17) is 5.41 Å². The van der Waals surface area contributed by atoms with Crippen LogP contribution in [0, 0.1) is 11.2 Å². The normalized spacial score (nSPS) is 10.1. The Morgan fingerprint density at radius 2 is 1.67 bits per heavy atom. The fourth-order valence-corrected chi connectivity index (χ4v) is 1.82. The zero-order valence-corrected chi connectivity index (χ0v) is 10.2. The number of hydrogen-bond acceptors (Lipinski definition) is 1. The largest absolute Gasteiger partial charge is 0.324 e. The summed E-state index contributed by atoms with van der Waals surface area (Å²) in [5.41, 5.74) is 1.49. The maximum atomic E-state index is 13.8. The number of nitrogens with zero attached hydrogens (tertiary/aromatic N) is 1. The van der Waals surface area contributed by atoms with Crippen molar-refractivity contribution in [2.45, 2.75) is 13.5 Å². The van der Waals surface area contributed by atoms with Crippen LogP contribution < -0.4 is 4.90 Å². The third-order valence-electron chi connectivity index (χ3n) is 2.73. The van der Waals surface area contributed by atoms with Crippen LogP contribution in [0.2, 0.25) is 0 Å². The van der Waals surface area contributed by atoms with E-state index in [2.05, 4.69) is 0 Å². The summed E-state index contributed by atoms with van der Waals surface area (Å²) in [6.45, 7) is 2.16. The molecule has 0 aromatic heterocycles. The highest BCUT2D eigenvalue weighted by Crippen LogP contribution is 2.21. The van der Waals surface area contributed by atoms with Crippen molar-refractivity contribution in [3.05, 3.63) is 66.0 Å². The first-order chi connectivity index (χ1) is 8.68. The molecule has 2 aromatic rings. The Hall–Kier alpha value is -2.16. The van der Waals surface area contributed by atoms with Crippen molar-refractivity contribution in [3.8, 4) is 0 Å². The molecule has 0 bridgehead atoms. The first-order valence-electron chi connectivity index (χ1n) is 5.79. The second-order valence-corrected chi connectivity index (χ2v) is 4.11. The molecule has 0 radical (unpaired) electrons. The molecule has 2 rings (SSSR count). The third-order valence-corrected chi connectivity index (χ3v) is 2.73. The maximum Gasteiger partial charge on any atom is 0.146 e. The van der Waals surface area contributed by atoms with Crippen LogP contribution in [0.5, 0.6) is 0 Å². The predicted octanol–water partition coefficient (Wildman–Crippen LogP) is 3.83. The lowest BCUT2D eigenvalue weighted by atomic mass is 10.2. The van der Waals surface area contributed by atoms with E-state index < -0.39 is 0 Å². The van der Waals surface area contributed by atoms with E-state index in [0.29, 0.717) is 18.1 Å². The SMILES string of the molecule is CC(=N)N(Cc1ccccc1)c1ccccc1F. The van der Waals surface area contributed by atoms with Crippen LogP contribution in [0.4, 0.5) is 10.1 Å². The molecule has 1 N–H and O–H groups in total. The van der Waals surface area contributed by atoms with E-state index in [9.17, 15) is 4.39 Å². The standard InChI is InChI=1S/C15H15FN2/c1-12(17)18(11-13-7-3-2-4-8-13)15-10-6-5-9-14(15)16/h2-10,17H,11H2,1H3. The molecular weight excluding hydrogens is 227 g/mol. The molecular formula is C15H15FN2. The lowest BCUT2D eigenvalue weighted by Crippen LogP contribution is -2.28. The molecule has 0 aliphatic rings. The first-order valence-corrected chi connectivity index (χ1v) is 5.79. The van der Waals surface area contributed by atoms with Crippen LogP contribution in [0.3, 0.4) is 0 Å². The zero-order chi connectivity index (χ0) is 13.0. The third kappa shape index (κ3) is 2.74. The van der Waals surface area contributed by atoms with Gasteiger partial charge in [0, 0.05) is 6.54 Å². The Labute approximate surface area is 106 Å². The maximum absolute atomic E-state index is 13.8. The summed E-state index contributed by atoms with van der Waals surface area (Å²) in [6.07, 6.45) is 0. The van der Waals surface area contributed by atoms with Crippen molar-refractivity contribution in [1.29, 1.82) is 5.41 Å². The number of nitrogens with one attached hydrogen (secondary N) is 1. The van der Waals surface area contributed by atoms with E-state index in [-0.39, 0.29) is 5.82 Å². The molecule has 0 saturated carbocycles. The number of benzene rings is 2. The molecule has 0 unspecified atom stereocenters. The summed E-state index contributed by atoms with van der Waals surface area (Å²) >= 11 is 0. The Kier molecular flexibility index (Phi) is 3.72. The van der Waals surface area contributed by atoms with Crippen molar-refractivity contribution < 1.29 is 4.39 Å². The van der Waals surface area contributed by atoms with Crippen molar-refractivity contribution in [2.75, 3.05) is 4.90 Å². The van der Waals surface area contributed by atoms with Gasteiger partial charge in [-0.2, -0.15) is 0 Å². The summed E-state index contributed by atoms with van der Waals surface area (Å²) in [6, 6.07) is 16.3. The van der Waals surface area contributed by atoms with Crippen LogP contribution in [0.1, 0.15) is 12.5 Å². The summed E-state index contributed by atoms with van der Waals surface area (Å²) in [7, 11) is 0. The lowest BCUT2D eigenvalue weighted by molar-refractivity contribution is 0.625. The molecule has 18 heavy (non-hydrogen) atoms. The number of amidine groups is 1. The molecule has 2 nitrogen and oxygen atoms in total. The summed E-state index contributed by atoms with van der Waals surface area (Å²) in [5, 5.41) is 7.79. The van der Waals surface area contributed by atoms with Crippen molar-refractivity contribution in [1.82, 2.24) is 0 Å². The van der Waals surface area contributed by atoms with Gasteiger partial charge in [-0.05, 0) is 24.6 Å². The van der Waals surface area contributed by atoms with Crippen molar-refractivity contribution in [3.63, 3.8) is 0 Å². The Bertz CT molecular complexity index is 537. The Morgan fingerprint density at radius 3 is 2.28 bits per heavy atom. The number of halogens is 1. The van der Waals surface area contributed by atoms with Gasteiger partial charge in [-0.15, -0.1) is 0 Å². The average Bonchev–Trinajstić information content (AvgIpc) is 2.38. The van der Waals surface area contributed by atoms with Gasteiger partial charge in [0.2, 0.25) is 0 Å². The molecule has 0 aliphatic heterocycles. The van der Waals surface area contributed by atoms with Crippen molar-refractivity contribution in [2.24, 2.45) is 0 Å². The highest BCUT2D eigenvalue weighted by Gasteiger charge is 2.13. The van der Waals surface area contributed by atoms with E-state index in [1.807, 2.05) is 30.3 Å². The zero-order valence-electron chi connectivity index (χ0n) is 10.2. The van der Waals surface area contributed by atoms with Crippen molar-refractivity contribution >= 4 is 11.5 Å². The summed E-state index contributed by atoms with van der Waals surface area (Å²) < 4.78 is 13.8. The minimum atomic E-state index is -0.306. The molecule has 0 heterocycles. The number of hydrogen-bond donors (Lipinski definition) is 1. The molecule has 2 aromatic carbocycles. The molecule has 92 valence electrons. The molecule has 0 spiro atoms. The minimum Gasteiger partial charge on any atom is -0.324 e. The quantitative estimate of drug-likeness (QED) is 0.642. The molecule has 0 saturated heterocycles. The van der Waals surface area contributed by atoms with Crippen LogP contribution in [0.25, 0.3) is 0 Å². The van der Waals surface area contributed by atoms with Gasteiger partial charge in [-0.1, -0.05) is 42.5 Å². The first kappa shape index (κ1) is 12.3. The molecule has 0 amide bonds. The number of rotatable bonds is 3. The topological polar surface area (TPSA) is 27.1 Å². The fourth-order valence-electron chi connectivity index (χ4n) is 1.82. The Morgan fingerprint density at radius 1 is 1.06 bits per heavy atom. The van der Waals surface area contributed by atoms with E-state index in [1.165, 1.54) is 6.07 Å². The van der Waals surface area contributed by atoms with Gasteiger partial charge >= 0.3 is 0 Å². The molecule has 3 heteroatoms. The fraction of sp³-hybridized carbons (Fsp3) is 0.133. The highest BCUT2D eigenvalue weighted by molar-refractivity contribution is 5.93. The van der Waals surface area contributed by atoms with Crippen LogP contribution in [0.15, 0.2) is 54.6 Å². The van der Waals surface area contributed by atoms with Gasteiger partial charge in [0.1, 0.15) is 5.82 Å². The van der Waals surface area contributed by atoms with Gasteiger partial charge in [-0.25, -0.2) is 4.39 Å². The van der Waals surface area contributed by atoms with Gasteiger partial charge in [0.05, 0.1) is 11.5 Å².